The van der Waals surface area contributed by atoms with Crippen LogP contribution in [0.1, 0.15) is 36.2 Å². The molecule has 1 aromatic heterocycles. The molecule has 0 atom stereocenters. The molecule has 0 aliphatic carbocycles. The van der Waals surface area contributed by atoms with Gasteiger partial charge in [-0.15, -0.1) is 0 Å². The second-order valence-electron chi connectivity index (χ2n) is 6.67. The number of anilines is 2. The van der Waals surface area contributed by atoms with E-state index in [0.29, 0.717) is 17.2 Å². The fourth-order valence-corrected chi connectivity index (χ4v) is 3.09. The number of allylic oxidation sites excluding steroid dienone is 1. The summed E-state index contributed by atoms with van der Waals surface area (Å²) in [6.07, 6.45) is 6.75. The van der Waals surface area contributed by atoms with Crippen molar-refractivity contribution in [3.8, 4) is 11.3 Å². The molecule has 0 amide bonds. The molecule has 28 heavy (non-hydrogen) atoms. The number of hydrogen-bond donors (Lipinski definition) is 2. The van der Waals surface area contributed by atoms with E-state index in [1.54, 1.807) is 6.20 Å². The summed E-state index contributed by atoms with van der Waals surface area (Å²) in [6.45, 7) is 10.4. The molecular weight excluding hydrogens is 344 g/mol. The minimum absolute atomic E-state index is 0.357. The van der Waals surface area contributed by atoms with Crippen LogP contribution in [0.5, 0.6) is 0 Å². The quantitative estimate of drug-likeness (QED) is 0.583. The van der Waals surface area contributed by atoms with Crippen LogP contribution in [0.15, 0.2) is 61.3 Å². The Hall–Kier alpha value is -3.40. The number of nitrogens with zero attached hydrogens (tertiary/aromatic N) is 2. The van der Waals surface area contributed by atoms with Crippen molar-refractivity contribution in [2.75, 3.05) is 11.1 Å². The maximum Gasteiger partial charge on any atom is 0.151 e. The topological polar surface area (TPSA) is 63.8 Å². The van der Waals surface area contributed by atoms with E-state index in [4.69, 9.17) is 10.7 Å². The van der Waals surface area contributed by atoms with Crippen LogP contribution in [0.2, 0.25) is 0 Å². The maximum absolute atomic E-state index is 6.11. The van der Waals surface area contributed by atoms with Gasteiger partial charge in [0.05, 0.1) is 17.6 Å². The zero-order valence-corrected chi connectivity index (χ0v) is 16.7. The van der Waals surface area contributed by atoms with E-state index < -0.39 is 0 Å². The molecule has 4 nitrogen and oxygen atoms in total. The third-order valence-electron chi connectivity index (χ3n) is 4.69. The Bertz CT molecular complexity index is 1030. The summed E-state index contributed by atoms with van der Waals surface area (Å²) < 4.78 is 0. The Morgan fingerprint density at radius 3 is 2.75 bits per heavy atom. The number of nitrogens with one attached hydrogen (secondary N) is 1. The third-order valence-corrected chi connectivity index (χ3v) is 4.69. The first-order valence-corrected chi connectivity index (χ1v) is 9.44. The van der Waals surface area contributed by atoms with Gasteiger partial charge in [-0.25, -0.2) is 9.97 Å². The zero-order chi connectivity index (χ0) is 20.1. The molecule has 3 rings (SSSR count). The van der Waals surface area contributed by atoms with E-state index in [0.717, 1.165) is 28.9 Å². The van der Waals surface area contributed by atoms with Gasteiger partial charge in [0.1, 0.15) is 5.69 Å². The molecule has 0 spiro atoms. The Kier molecular flexibility index (Phi) is 5.90. The molecule has 142 valence electrons. The van der Waals surface area contributed by atoms with Gasteiger partial charge in [0.25, 0.3) is 0 Å². The molecule has 2 aromatic carbocycles. The molecular formula is C24H26N4. The van der Waals surface area contributed by atoms with E-state index in [1.165, 1.54) is 11.1 Å². The number of rotatable bonds is 6. The fraction of sp³-hybridized carbons (Fsp3) is 0.167. The summed E-state index contributed by atoms with van der Waals surface area (Å²) in [7, 11) is 0. The monoisotopic (exact) mass is 370 g/mol. The average Bonchev–Trinajstić information content (AvgIpc) is 2.70. The largest absolute Gasteiger partial charge is 0.382 e. The predicted molar refractivity (Wildman–Crippen MR) is 120 cm³/mol. The summed E-state index contributed by atoms with van der Waals surface area (Å²) in [5.41, 5.74) is 13.7. The molecule has 0 saturated carbocycles. The van der Waals surface area contributed by atoms with Gasteiger partial charge in [-0.2, -0.15) is 0 Å². The number of hydrogen-bond acceptors (Lipinski definition) is 4. The van der Waals surface area contributed by atoms with Gasteiger partial charge >= 0.3 is 0 Å². The van der Waals surface area contributed by atoms with Crippen molar-refractivity contribution < 1.29 is 0 Å². The van der Waals surface area contributed by atoms with Crippen molar-refractivity contribution in [2.45, 2.75) is 27.2 Å². The van der Waals surface area contributed by atoms with Crippen molar-refractivity contribution in [1.29, 1.82) is 0 Å². The Balaban J connectivity index is 1.96. The van der Waals surface area contributed by atoms with Crippen molar-refractivity contribution in [2.24, 2.45) is 0 Å². The van der Waals surface area contributed by atoms with Gasteiger partial charge < -0.3 is 11.1 Å². The summed E-state index contributed by atoms with van der Waals surface area (Å²) in [4.78, 5) is 9.11. The lowest BCUT2D eigenvalue weighted by molar-refractivity contribution is 1.14. The van der Waals surface area contributed by atoms with Crippen LogP contribution < -0.4 is 11.1 Å². The molecule has 0 aliphatic rings. The normalized spacial score (nSPS) is 11.0. The molecule has 0 unspecified atom stereocenters. The highest BCUT2D eigenvalue weighted by molar-refractivity contribution is 5.80. The van der Waals surface area contributed by atoms with Gasteiger partial charge in [0.15, 0.2) is 5.82 Å². The Morgan fingerprint density at radius 1 is 1.21 bits per heavy atom. The van der Waals surface area contributed by atoms with Crippen molar-refractivity contribution >= 4 is 23.3 Å². The number of aryl methyl sites for hydroxylation is 2. The van der Waals surface area contributed by atoms with Gasteiger partial charge in [-0.05, 0) is 49.1 Å². The van der Waals surface area contributed by atoms with Gasteiger partial charge in [0, 0.05) is 11.3 Å². The van der Waals surface area contributed by atoms with Crippen LogP contribution >= 0.6 is 0 Å². The second-order valence-corrected chi connectivity index (χ2v) is 6.67. The minimum atomic E-state index is 0.357. The Morgan fingerprint density at radius 2 is 2.00 bits per heavy atom. The predicted octanol–water partition coefficient (Wildman–Crippen LogP) is 5.71. The average molecular weight is 371 g/mol. The number of aromatic nitrogens is 2. The van der Waals surface area contributed by atoms with Crippen LogP contribution in [-0.2, 0) is 6.42 Å². The van der Waals surface area contributed by atoms with Crippen LogP contribution in [-0.4, -0.2) is 9.97 Å². The van der Waals surface area contributed by atoms with E-state index in [2.05, 4.69) is 61.1 Å². The summed E-state index contributed by atoms with van der Waals surface area (Å²) in [5, 5.41) is 3.35. The molecule has 0 saturated heterocycles. The number of benzene rings is 2. The highest BCUT2D eigenvalue weighted by Crippen LogP contribution is 2.26. The molecule has 0 fully saturated rings. The highest BCUT2D eigenvalue weighted by Gasteiger charge is 2.12. The summed E-state index contributed by atoms with van der Waals surface area (Å²) >= 11 is 0. The lowest BCUT2D eigenvalue weighted by Crippen LogP contribution is -2.07. The summed E-state index contributed by atoms with van der Waals surface area (Å²) in [6, 6.07) is 14.4. The number of para-hydroxylation sites is 1. The molecule has 3 aromatic rings. The standard InChI is InChI=1S/C24H26N4/c1-5-9-19-14-20(13-12-16(19)3)22-15-26-24(25)23(28-22)17(4)27-21-11-8-7-10-18(21)6-2/h5,7-15,27H,4,6H2,1-3H3,(H2,25,26)/b9-5-. The van der Waals surface area contributed by atoms with Crippen molar-refractivity contribution in [3.63, 3.8) is 0 Å². The molecule has 1 heterocycles. The van der Waals surface area contributed by atoms with E-state index in [-0.39, 0.29) is 0 Å². The van der Waals surface area contributed by atoms with Crippen molar-refractivity contribution in [1.82, 2.24) is 9.97 Å². The number of nitrogens with two attached hydrogens (primary N) is 1. The van der Waals surface area contributed by atoms with E-state index >= 15 is 0 Å². The zero-order valence-electron chi connectivity index (χ0n) is 16.7. The summed E-state index contributed by atoms with van der Waals surface area (Å²) in [5.74, 6) is 0.357. The van der Waals surface area contributed by atoms with Crippen LogP contribution in [0.25, 0.3) is 23.0 Å². The van der Waals surface area contributed by atoms with Crippen molar-refractivity contribution in [3.05, 3.63) is 83.7 Å². The lowest BCUT2D eigenvalue weighted by Gasteiger charge is -2.15. The van der Waals surface area contributed by atoms with Crippen LogP contribution in [0.4, 0.5) is 11.5 Å². The molecule has 3 N–H and O–H groups in total. The smallest absolute Gasteiger partial charge is 0.151 e. The van der Waals surface area contributed by atoms with Crippen LogP contribution in [0, 0.1) is 6.92 Å². The maximum atomic E-state index is 6.11. The first kappa shape index (κ1) is 19.4. The SMILES string of the molecule is C=C(Nc1ccccc1CC)c1nc(-c2ccc(C)c(/C=C\C)c2)cnc1N. The fourth-order valence-electron chi connectivity index (χ4n) is 3.09. The molecule has 0 bridgehead atoms. The minimum Gasteiger partial charge on any atom is -0.382 e. The second kappa shape index (κ2) is 8.53. The Labute approximate surface area is 166 Å². The van der Waals surface area contributed by atoms with Crippen LogP contribution in [0.3, 0.4) is 0 Å². The molecule has 0 aliphatic heterocycles. The van der Waals surface area contributed by atoms with E-state index in [1.807, 2.05) is 31.2 Å². The molecule has 0 radical (unpaired) electrons. The van der Waals surface area contributed by atoms with Gasteiger partial charge in [0.2, 0.25) is 0 Å². The van der Waals surface area contributed by atoms with E-state index in [9.17, 15) is 0 Å². The van der Waals surface area contributed by atoms with Gasteiger partial charge in [-0.1, -0.05) is 56.0 Å². The molecule has 4 heteroatoms. The third kappa shape index (κ3) is 4.12. The lowest BCUT2D eigenvalue weighted by atomic mass is 10.0. The highest BCUT2D eigenvalue weighted by atomic mass is 15.0. The first-order valence-electron chi connectivity index (χ1n) is 9.44. The number of nitrogen functional groups attached to an aromatic ring is 1. The van der Waals surface area contributed by atoms with Gasteiger partial charge in [-0.3, -0.25) is 0 Å². The first-order chi connectivity index (χ1) is 13.5.